The van der Waals surface area contributed by atoms with E-state index in [-0.39, 0.29) is 0 Å². The van der Waals surface area contributed by atoms with Crippen molar-refractivity contribution >= 4 is 5.91 Å². The van der Waals surface area contributed by atoms with Crippen LogP contribution in [-0.2, 0) is 4.79 Å². The van der Waals surface area contributed by atoms with E-state index < -0.39 is 0 Å². The minimum Gasteiger partial charge on any atom is -0.339 e. The summed E-state index contributed by atoms with van der Waals surface area (Å²) in [4.78, 5) is 14.4. The Morgan fingerprint density at radius 1 is 1.22 bits per heavy atom. The Kier molecular flexibility index (Phi) is 5.04. The first kappa shape index (κ1) is 13.9. The first-order valence-corrected chi connectivity index (χ1v) is 7.69. The average Bonchev–Trinajstić information content (AvgIpc) is 3.03. The molecule has 2 fully saturated rings. The van der Waals surface area contributed by atoms with Crippen molar-refractivity contribution < 1.29 is 4.79 Å². The molecule has 104 valence electrons. The zero-order valence-electron chi connectivity index (χ0n) is 12.0. The van der Waals surface area contributed by atoms with Crippen LogP contribution in [0, 0.1) is 5.92 Å². The van der Waals surface area contributed by atoms with Crippen LogP contribution in [0.1, 0.15) is 58.8 Å². The third kappa shape index (κ3) is 4.27. The molecule has 1 N–H and O–H groups in total. The van der Waals surface area contributed by atoms with Gasteiger partial charge in [0.25, 0.3) is 0 Å². The molecule has 0 saturated heterocycles. The molecule has 0 atom stereocenters. The van der Waals surface area contributed by atoms with Crippen LogP contribution < -0.4 is 5.32 Å². The van der Waals surface area contributed by atoms with Crippen LogP contribution in [-0.4, -0.2) is 36.0 Å². The highest BCUT2D eigenvalue weighted by atomic mass is 16.2. The summed E-state index contributed by atoms with van der Waals surface area (Å²) in [6.07, 6.45) is 8.72. The van der Waals surface area contributed by atoms with Gasteiger partial charge < -0.3 is 10.2 Å². The zero-order valence-corrected chi connectivity index (χ0v) is 12.0. The summed E-state index contributed by atoms with van der Waals surface area (Å²) in [5.41, 5.74) is 0. The van der Waals surface area contributed by atoms with Crippen molar-refractivity contribution in [3.05, 3.63) is 0 Å². The zero-order chi connectivity index (χ0) is 13.0. The Hall–Kier alpha value is -0.570. The molecule has 18 heavy (non-hydrogen) atoms. The maximum atomic E-state index is 12.3. The van der Waals surface area contributed by atoms with Gasteiger partial charge in [0.2, 0.25) is 5.91 Å². The highest BCUT2D eigenvalue weighted by molar-refractivity contribution is 5.79. The molecule has 2 saturated carbocycles. The molecule has 3 heteroatoms. The standard InChI is InChI=1S/C15H28N2O/c1-12(2)9-10-17(14-7-8-14)15(18)11-16-13-5-3-4-6-13/h12-14,16H,3-11H2,1-2H3. The molecule has 2 aliphatic carbocycles. The summed E-state index contributed by atoms with van der Waals surface area (Å²) < 4.78 is 0. The van der Waals surface area contributed by atoms with Crippen LogP contribution >= 0.6 is 0 Å². The second-order valence-electron chi connectivity index (χ2n) is 6.36. The number of amides is 1. The van der Waals surface area contributed by atoms with E-state index in [1.54, 1.807) is 0 Å². The molecule has 2 aliphatic rings. The molecule has 0 spiro atoms. The molecule has 0 aromatic rings. The van der Waals surface area contributed by atoms with Gasteiger partial charge in [0.1, 0.15) is 0 Å². The van der Waals surface area contributed by atoms with E-state index in [2.05, 4.69) is 24.1 Å². The molecule has 0 unspecified atom stereocenters. The third-order valence-corrected chi connectivity index (χ3v) is 4.15. The Labute approximate surface area is 111 Å². The second-order valence-corrected chi connectivity index (χ2v) is 6.36. The first-order chi connectivity index (χ1) is 8.66. The van der Waals surface area contributed by atoms with E-state index in [0.717, 1.165) is 13.0 Å². The van der Waals surface area contributed by atoms with E-state index in [0.29, 0.717) is 30.5 Å². The molecular formula is C15H28N2O. The Balaban J connectivity index is 1.72. The minimum absolute atomic E-state index is 0.324. The predicted molar refractivity (Wildman–Crippen MR) is 74.4 cm³/mol. The molecule has 0 radical (unpaired) electrons. The van der Waals surface area contributed by atoms with Gasteiger partial charge in [-0.05, 0) is 38.0 Å². The van der Waals surface area contributed by atoms with Crippen molar-refractivity contribution in [2.45, 2.75) is 70.9 Å². The van der Waals surface area contributed by atoms with Gasteiger partial charge in [-0.25, -0.2) is 0 Å². The smallest absolute Gasteiger partial charge is 0.236 e. The molecule has 0 aromatic carbocycles. The highest BCUT2D eigenvalue weighted by Gasteiger charge is 2.32. The quantitative estimate of drug-likeness (QED) is 0.755. The molecule has 0 heterocycles. The number of hydrogen-bond donors (Lipinski definition) is 1. The van der Waals surface area contributed by atoms with Gasteiger partial charge in [0.05, 0.1) is 6.54 Å². The Morgan fingerprint density at radius 2 is 1.89 bits per heavy atom. The topological polar surface area (TPSA) is 32.3 Å². The summed E-state index contributed by atoms with van der Waals surface area (Å²) in [7, 11) is 0. The lowest BCUT2D eigenvalue weighted by Gasteiger charge is -2.24. The molecule has 0 bridgehead atoms. The summed E-state index contributed by atoms with van der Waals surface area (Å²) in [6, 6.07) is 1.15. The van der Waals surface area contributed by atoms with Crippen molar-refractivity contribution in [2.24, 2.45) is 5.92 Å². The van der Waals surface area contributed by atoms with E-state index in [1.165, 1.54) is 38.5 Å². The maximum Gasteiger partial charge on any atom is 0.236 e. The SMILES string of the molecule is CC(C)CCN(C(=O)CNC1CCCC1)C1CC1. The van der Waals surface area contributed by atoms with Crippen molar-refractivity contribution in [3.8, 4) is 0 Å². The van der Waals surface area contributed by atoms with Gasteiger partial charge in [-0.1, -0.05) is 26.7 Å². The normalized spacial score (nSPS) is 20.6. The Morgan fingerprint density at radius 3 is 2.44 bits per heavy atom. The van der Waals surface area contributed by atoms with E-state index in [1.807, 2.05) is 0 Å². The van der Waals surface area contributed by atoms with Crippen LogP contribution in [0.25, 0.3) is 0 Å². The molecule has 0 aliphatic heterocycles. The van der Waals surface area contributed by atoms with Gasteiger partial charge in [-0.2, -0.15) is 0 Å². The fourth-order valence-electron chi connectivity index (χ4n) is 2.76. The molecule has 0 aromatic heterocycles. The second kappa shape index (κ2) is 6.55. The van der Waals surface area contributed by atoms with E-state index >= 15 is 0 Å². The fraction of sp³-hybridized carbons (Fsp3) is 0.933. The number of hydrogen-bond acceptors (Lipinski definition) is 2. The molecule has 3 nitrogen and oxygen atoms in total. The summed E-state index contributed by atoms with van der Waals surface area (Å²) >= 11 is 0. The summed E-state index contributed by atoms with van der Waals surface area (Å²) in [6.45, 7) is 5.96. The minimum atomic E-state index is 0.324. The van der Waals surface area contributed by atoms with Crippen LogP contribution in [0.2, 0.25) is 0 Å². The van der Waals surface area contributed by atoms with Gasteiger partial charge >= 0.3 is 0 Å². The fourth-order valence-corrected chi connectivity index (χ4v) is 2.76. The molecule has 2 rings (SSSR count). The van der Waals surface area contributed by atoms with Crippen molar-refractivity contribution in [2.75, 3.05) is 13.1 Å². The van der Waals surface area contributed by atoms with Crippen LogP contribution in [0.5, 0.6) is 0 Å². The lowest BCUT2D eigenvalue weighted by atomic mass is 10.1. The van der Waals surface area contributed by atoms with Crippen LogP contribution in [0.3, 0.4) is 0 Å². The Bertz CT molecular complexity index is 268. The van der Waals surface area contributed by atoms with Gasteiger partial charge in [0.15, 0.2) is 0 Å². The average molecular weight is 252 g/mol. The lowest BCUT2D eigenvalue weighted by molar-refractivity contribution is -0.131. The van der Waals surface area contributed by atoms with Crippen molar-refractivity contribution in [1.82, 2.24) is 10.2 Å². The van der Waals surface area contributed by atoms with Crippen molar-refractivity contribution in [3.63, 3.8) is 0 Å². The summed E-state index contributed by atoms with van der Waals surface area (Å²) in [5, 5.41) is 3.44. The number of carbonyl (C=O) groups excluding carboxylic acids is 1. The number of carbonyl (C=O) groups is 1. The predicted octanol–water partition coefficient (Wildman–Crippen LogP) is 2.56. The molecular weight excluding hydrogens is 224 g/mol. The van der Waals surface area contributed by atoms with Crippen LogP contribution in [0.15, 0.2) is 0 Å². The monoisotopic (exact) mass is 252 g/mol. The van der Waals surface area contributed by atoms with Crippen LogP contribution in [0.4, 0.5) is 0 Å². The largest absolute Gasteiger partial charge is 0.339 e. The van der Waals surface area contributed by atoms with Gasteiger partial charge in [-0.15, -0.1) is 0 Å². The van der Waals surface area contributed by atoms with E-state index in [4.69, 9.17) is 0 Å². The first-order valence-electron chi connectivity index (χ1n) is 7.69. The van der Waals surface area contributed by atoms with Crippen molar-refractivity contribution in [1.29, 1.82) is 0 Å². The summed E-state index contributed by atoms with van der Waals surface area (Å²) in [5.74, 6) is 1.01. The number of nitrogens with one attached hydrogen (secondary N) is 1. The maximum absolute atomic E-state index is 12.3. The van der Waals surface area contributed by atoms with Gasteiger partial charge in [-0.3, -0.25) is 4.79 Å². The third-order valence-electron chi connectivity index (χ3n) is 4.15. The highest BCUT2D eigenvalue weighted by Crippen LogP contribution is 2.27. The number of nitrogens with zero attached hydrogens (tertiary/aromatic N) is 1. The lowest BCUT2D eigenvalue weighted by Crippen LogP contribution is -2.42. The van der Waals surface area contributed by atoms with Gasteiger partial charge in [0, 0.05) is 18.6 Å². The molecule has 1 amide bonds. The van der Waals surface area contributed by atoms with E-state index in [9.17, 15) is 4.79 Å². The number of rotatable bonds is 7.